The van der Waals surface area contributed by atoms with E-state index in [2.05, 4.69) is 17.2 Å². The maximum atomic E-state index is 12.0. The Morgan fingerprint density at radius 1 is 1.33 bits per heavy atom. The summed E-state index contributed by atoms with van der Waals surface area (Å²) in [6, 6.07) is 1.88. The third kappa shape index (κ3) is 2.81. The number of aromatic amines is 1. The van der Waals surface area contributed by atoms with E-state index in [1.54, 1.807) is 12.3 Å². The van der Waals surface area contributed by atoms with Crippen molar-refractivity contribution in [2.75, 3.05) is 0 Å². The van der Waals surface area contributed by atoms with Gasteiger partial charge in [-0.2, -0.15) is 0 Å². The molecule has 1 fully saturated rings. The SMILES string of the molecule is CC(=O)c1c[nH]c(C(=O)N[C@H]2CCCC[C@@H]2C)c1. The maximum Gasteiger partial charge on any atom is 0.267 e. The fraction of sp³-hybridized carbons (Fsp3) is 0.571. The third-order valence-electron chi connectivity index (χ3n) is 3.76. The number of carbonyl (C=O) groups is 2. The van der Waals surface area contributed by atoms with Crippen molar-refractivity contribution in [2.45, 2.75) is 45.6 Å². The number of nitrogens with one attached hydrogen (secondary N) is 2. The van der Waals surface area contributed by atoms with Crippen LogP contribution in [0.4, 0.5) is 0 Å². The van der Waals surface area contributed by atoms with Gasteiger partial charge in [-0.05, 0) is 31.7 Å². The topological polar surface area (TPSA) is 62.0 Å². The third-order valence-corrected chi connectivity index (χ3v) is 3.76. The smallest absolute Gasteiger partial charge is 0.267 e. The number of amides is 1. The van der Waals surface area contributed by atoms with Crippen LogP contribution in [-0.4, -0.2) is 22.7 Å². The number of Topliss-reactive ketones (excluding diaryl/α,β-unsaturated/α-hetero) is 1. The zero-order chi connectivity index (χ0) is 13.1. The van der Waals surface area contributed by atoms with Gasteiger partial charge < -0.3 is 10.3 Å². The highest BCUT2D eigenvalue weighted by Gasteiger charge is 2.23. The van der Waals surface area contributed by atoms with E-state index < -0.39 is 0 Å². The van der Waals surface area contributed by atoms with Gasteiger partial charge in [0.25, 0.3) is 5.91 Å². The van der Waals surface area contributed by atoms with Crippen molar-refractivity contribution in [1.29, 1.82) is 0 Å². The molecule has 1 amide bonds. The molecule has 1 saturated carbocycles. The molecule has 1 aliphatic carbocycles. The molecule has 98 valence electrons. The zero-order valence-electron chi connectivity index (χ0n) is 11.0. The molecular formula is C14H20N2O2. The number of H-pyrrole nitrogens is 1. The summed E-state index contributed by atoms with van der Waals surface area (Å²) >= 11 is 0. The average molecular weight is 248 g/mol. The molecule has 18 heavy (non-hydrogen) atoms. The molecule has 1 aliphatic rings. The lowest BCUT2D eigenvalue weighted by Gasteiger charge is -2.29. The van der Waals surface area contributed by atoms with Crippen molar-refractivity contribution in [3.63, 3.8) is 0 Å². The zero-order valence-corrected chi connectivity index (χ0v) is 11.0. The molecule has 2 atom stereocenters. The second-order valence-electron chi connectivity index (χ2n) is 5.20. The van der Waals surface area contributed by atoms with Crippen LogP contribution in [0.1, 0.15) is 60.4 Å². The van der Waals surface area contributed by atoms with Crippen LogP contribution >= 0.6 is 0 Å². The summed E-state index contributed by atoms with van der Waals surface area (Å²) in [6.07, 6.45) is 6.24. The van der Waals surface area contributed by atoms with Gasteiger partial charge in [-0.1, -0.05) is 19.8 Å². The highest BCUT2D eigenvalue weighted by Crippen LogP contribution is 2.23. The lowest BCUT2D eigenvalue weighted by Crippen LogP contribution is -2.41. The van der Waals surface area contributed by atoms with Gasteiger partial charge in [0.2, 0.25) is 0 Å². The molecular weight excluding hydrogens is 228 g/mol. The molecule has 0 bridgehead atoms. The van der Waals surface area contributed by atoms with Crippen molar-refractivity contribution in [3.05, 3.63) is 23.5 Å². The Bertz CT molecular complexity index is 450. The van der Waals surface area contributed by atoms with Crippen LogP contribution in [0, 0.1) is 5.92 Å². The minimum atomic E-state index is -0.110. The molecule has 0 aliphatic heterocycles. The van der Waals surface area contributed by atoms with Gasteiger partial charge in [-0.25, -0.2) is 0 Å². The largest absolute Gasteiger partial charge is 0.356 e. The van der Waals surface area contributed by atoms with Gasteiger partial charge in [0.05, 0.1) is 0 Å². The molecule has 0 spiro atoms. The van der Waals surface area contributed by atoms with Crippen LogP contribution in [0.25, 0.3) is 0 Å². The van der Waals surface area contributed by atoms with Gasteiger partial charge in [0.15, 0.2) is 5.78 Å². The Kier molecular flexibility index (Phi) is 3.84. The van der Waals surface area contributed by atoms with Crippen LogP contribution in [0.15, 0.2) is 12.3 Å². The molecule has 0 radical (unpaired) electrons. The number of hydrogen-bond acceptors (Lipinski definition) is 2. The van der Waals surface area contributed by atoms with E-state index in [0.717, 1.165) is 6.42 Å². The first-order valence-corrected chi connectivity index (χ1v) is 6.58. The quantitative estimate of drug-likeness (QED) is 0.807. The molecule has 0 unspecified atom stereocenters. The maximum absolute atomic E-state index is 12.0. The first-order chi connectivity index (χ1) is 8.58. The molecule has 0 saturated heterocycles. The van der Waals surface area contributed by atoms with Crippen molar-refractivity contribution in [1.82, 2.24) is 10.3 Å². The summed E-state index contributed by atoms with van der Waals surface area (Å²) in [5, 5.41) is 3.06. The molecule has 1 heterocycles. The van der Waals surface area contributed by atoms with Crippen LogP contribution < -0.4 is 5.32 Å². The van der Waals surface area contributed by atoms with Crippen molar-refractivity contribution < 1.29 is 9.59 Å². The summed E-state index contributed by atoms with van der Waals surface area (Å²) in [7, 11) is 0. The first-order valence-electron chi connectivity index (χ1n) is 6.58. The Morgan fingerprint density at radius 3 is 2.67 bits per heavy atom. The Hall–Kier alpha value is -1.58. The highest BCUT2D eigenvalue weighted by atomic mass is 16.2. The number of ketones is 1. The van der Waals surface area contributed by atoms with E-state index >= 15 is 0 Å². The second kappa shape index (κ2) is 5.38. The summed E-state index contributed by atoms with van der Waals surface area (Å²) in [6.45, 7) is 3.67. The van der Waals surface area contributed by atoms with Crippen LogP contribution in [0.5, 0.6) is 0 Å². The van der Waals surface area contributed by atoms with Crippen LogP contribution in [0.2, 0.25) is 0 Å². The predicted molar refractivity (Wildman–Crippen MR) is 69.7 cm³/mol. The van der Waals surface area contributed by atoms with Gasteiger partial charge in [-0.15, -0.1) is 0 Å². The van der Waals surface area contributed by atoms with E-state index in [1.807, 2.05) is 0 Å². The number of hydrogen-bond donors (Lipinski definition) is 2. The monoisotopic (exact) mass is 248 g/mol. The van der Waals surface area contributed by atoms with Crippen molar-refractivity contribution in [2.24, 2.45) is 5.92 Å². The minimum Gasteiger partial charge on any atom is -0.356 e. The summed E-state index contributed by atoms with van der Waals surface area (Å²) < 4.78 is 0. The molecule has 4 heteroatoms. The molecule has 1 aromatic rings. The highest BCUT2D eigenvalue weighted by molar-refractivity contribution is 5.99. The Labute approximate surface area is 107 Å². The number of aromatic nitrogens is 1. The Morgan fingerprint density at radius 2 is 2.06 bits per heavy atom. The normalized spacial score (nSPS) is 23.7. The molecule has 1 aromatic heterocycles. The summed E-state index contributed by atoms with van der Waals surface area (Å²) in [5.74, 6) is 0.391. The molecule has 4 nitrogen and oxygen atoms in total. The minimum absolute atomic E-state index is 0.0312. The number of carbonyl (C=O) groups excluding carboxylic acids is 2. The molecule has 2 rings (SSSR count). The molecule has 2 N–H and O–H groups in total. The molecule has 0 aromatic carbocycles. The van der Waals surface area contributed by atoms with E-state index in [4.69, 9.17) is 0 Å². The van der Waals surface area contributed by atoms with Gasteiger partial charge in [0, 0.05) is 17.8 Å². The lowest BCUT2D eigenvalue weighted by atomic mass is 9.86. The average Bonchev–Trinajstić information content (AvgIpc) is 2.81. The lowest BCUT2D eigenvalue weighted by molar-refractivity contribution is 0.0905. The van der Waals surface area contributed by atoms with Crippen molar-refractivity contribution in [3.8, 4) is 0 Å². The standard InChI is InChI=1S/C14H20N2O2/c1-9-5-3-4-6-12(9)16-14(18)13-7-11(8-15-13)10(2)17/h7-9,12,15H,3-6H2,1-2H3,(H,16,18)/t9-,12-/m0/s1. The number of rotatable bonds is 3. The van der Waals surface area contributed by atoms with E-state index in [-0.39, 0.29) is 17.7 Å². The van der Waals surface area contributed by atoms with Crippen molar-refractivity contribution >= 4 is 11.7 Å². The van der Waals surface area contributed by atoms with Crippen LogP contribution in [-0.2, 0) is 0 Å². The van der Waals surface area contributed by atoms with Gasteiger partial charge in [-0.3, -0.25) is 9.59 Å². The van der Waals surface area contributed by atoms with Gasteiger partial charge in [0.1, 0.15) is 5.69 Å². The summed E-state index contributed by atoms with van der Waals surface area (Å²) in [5.41, 5.74) is 1.02. The fourth-order valence-corrected chi connectivity index (χ4v) is 2.51. The Balaban J connectivity index is 2.00. The fourth-order valence-electron chi connectivity index (χ4n) is 2.51. The van der Waals surface area contributed by atoms with Gasteiger partial charge >= 0.3 is 0 Å². The predicted octanol–water partition coefficient (Wildman–Crippen LogP) is 2.53. The van der Waals surface area contributed by atoms with Crippen LogP contribution in [0.3, 0.4) is 0 Å². The summed E-state index contributed by atoms with van der Waals surface area (Å²) in [4.78, 5) is 26.1. The van der Waals surface area contributed by atoms with E-state index in [9.17, 15) is 9.59 Å². The second-order valence-corrected chi connectivity index (χ2v) is 5.20. The van der Waals surface area contributed by atoms with E-state index in [0.29, 0.717) is 17.2 Å². The van der Waals surface area contributed by atoms with E-state index in [1.165, 1.54) is 26.2 Å². The first kappa shape index (κ1) is 12.9.